The normalized spacial score (nSPS) is 25.9. The lowest BCUT2D eigenvalue weighted by molar-refractivity contribution is -0.145. The van der Waals surface area contributed by atoms with Crippen molar-refractivity contribution in [2.45, 2.75) is 71.0 Å². The zero-order chi connectivity index (χ0) is 13.8. The highest BCUT2D eigenvalue weighted by Crippen LogP contribution is 2.26. The highest BCUT2D eigenvalue weighted by atomic mass is 16.4. The number of aliphatic carboxylic acids is 1. The molecular formula is C14H28N2O2. The summed E-state index contributed by atoms with van der Waals surface area (Å²) in [5.41, 5.74) is -0.810. The Bertz CT molecular complexity index is 283. The van der Waals surface area contributed by atoms with Crippen molar-refractivity contribution in [2.24, 2.45) is 0 Å². The van der Waals surface area contributed by atoms with Crippen LogP contribution in [0.25, 0.3) is 0 Å². The van der Waals surface area contributed by atoms with Gasteiger partial charge in [-0.15, -0.1) is 0 Å². The summed E-state index contributed by atoms with van der Waals surface area (Å²) in [6.45, 7) is 9.93. The van der Waals surface area contributed by atoms with Gasteiger partial charge in [0.1, 0.15) is 5.54 Å². The molecule has 0 aromatic rings. The van der Waals surface area contributed by atoms with E-state index in [-0.39, 0.29) is 0 Å². The van der Waals surface area contributed by atoms with Gasteiger partial charge in [-0.3, -0.25) is 9.69 Å². The highest BCUT2D eigenvalue weighted by molar-refractivity contribution is 5.78. The Balaban J connectivity index is 2.66. The number of rotatable bonds is 7. The van der Waals surface area contributed by atoms with Gasteiger partial charge in [-0.1, -0.05) is 13.8 Å². The van der Waals surface area contributed by atoms with Crippen LogP contribution in [0.15, 0.2) is 0 Å². The van der Waals surface area contributed by atoms with Gasteiger partial charge in [-0.2, -0.15) is 0 Å². The van der Waals surface area contributed by atoms with Gasteiger partial charge in [-0.05, 0) is 52.6 Å². The van der Waals surface area contributed by atoms with Crippen LogP contribution in [0.2, 0.25) is 0 Å². The predicted molar refractivity (Wildman–Crippen MR) is 73.8 cm³/mol. The first-order valence-electron chi connectivity index (χ1n) is 7.18. The number of nitrogens with one attached hydrogen (secondary N) is 1. The molecule has 1 fully saturated rings. The summed E-state index contributed by atoms with van der Waals surface area (Å²) < 4.78 is 0. The number of nitrogens with zero attached hydrogens (tertiary/aromatic N) is 1. The minimum Gasteiger partial charge on any atom is -0.480 e. The van der Waals surface area contributed by atoms with Gasteiger partial charge in [0.15, 0.2) is 0 Å². The van der Waals surface area contributed by atoms with E-state index in [4.69, 9.17) is 0 Å². The van der Waals surface area contributed by atoms with Crippen molar-refractivity contribution in [3.8, 4) is 0 Å². The predicted octanol–water partition coefficient (Wildman–Crippen LogP) is 2.09. The Morgan fingerprint density at radius 3 is 2.72 bits per heavy atom. The first-order valence-corrected chi connectivity index (χ1v) is 7.18. The molecule has 1 aliphatic rings. The van der Waals surface area contributed by atoms with E-state index in [2.05, 4.69) is 24.1 Å². The standard InChI is InChI=1S/C14H28N2O2/c1-5-12-8-7-9-16(12)11(3)10-14(4,13(17)18)15-6-2/h11-12,15H,5-10H2,1-4H3,(H,17,18). The molecule has 4 nitrogen and oxygen atoms in total. The monoisotopic (exact) mass is 256 g/mol. The summed E-state index contributed by atoms with van der Waals surface area (Å²) in [5, 5.41) is 12.5. The van der Waals surface area contributed by atoms with Gasteiger partial charge >= 0.3 is 5.97 Å². The Hall–Kier alpha value is -0.610. The Labute approximate surface area is 111 Å². The van der Waals surface area contributed by atoms with Crippen LogP contribution in [0.5, 0.6) is 0 Å². The largest absolute Gasteiger partial charge is 0.480 e. The number of carboxylic acids is 1. The van der Waals surface area contributed by atoms with Gasteiger partial charge in [0.05, 0.1) is 0 Å². The lowest BCUT2D eigenvalue weighted by Gasteiger charge is -2.36. The van der Waals surface area contributed by atoms with Crippen molar-refractivity contribution in [2.75, 3.05) is 13.1 Å². The number of carbonyl (C=O) groups is 1. The SMILES string of the molecule is CCNC(C)(CC(C)N1CCCC1CC)C(=O)O. The van der Waals surface area contributed by atoms with Crippen LogP contribution in [-0.4, -0.2) is 46.7 Å². The second kappa shape index (κ2) is 6.53. The summed E-state index contributed by atoms with van der Waals surface area (Å²) in [7, 11) is 0. The molecule has 0 aromatic carbocycles. The first-order chi connectivity index (χ1) is 8.44. The van der Waals surface area contributed by atoms with E-state index in [1.807, 2.05) is 6.92 Å². The van der Waals surface area contributed by atoms with Gasteiger partial charge in [0.2, 0.25) is 0 Å². The van der Waals surface area contributed by atoms with E-state index in [9.17, 15) is 9.90 Å². The van der Waals surface area contributed by atoms with Gasteiger partial charge < -0.3 is 10.4 Å². The van der Waals surface area contributed by atoms with E-state index >= 15 is 0 Å². The maximum absolute atomic E-state index is 11.4. The van der Waals surface area contributed by atoms with Gasteiger partial charge in [0, 0.05) is 12.1 Å². The van der Waals surface area contributed by atoms with Crippen LogP contribution in [0.3, 0.4) is 0 Å². The maximum Gasteiger partial charge on any atom is 0.323 e. The fourth-order valence-electron chi connectivity index (χ4n) is 3.21. The average molecular weight is 256 g/mol. The first kappa shape index (κ1) is 15.4. The number of likely N-dealkylation sites (N-methyl/N-ethyl adjacent to an activating group) is 1. The Kier molecular flexibility index (Phi) is 5.60. The molecule has 2 N–H and O–H groups in total. The average Bonchev–Trinajstić information content (AvgIpc) is 2.76. The third-order valence-electron chi connectivity index (χ3n) is 4.20. The van der Waals surface area contributed by atoms with Crippen LogP contribution in [0, 0.1) is 0 Å². The maximum atomic E-state index is 11.4. The molecule has 0 saturated carbocycles. The van der Waals surface area contributed by atoms with Crippen molar-refractivity contribution >= 4 is 5.97 Å². The van der Waals surface area contributed by atoms with Gasteiger partial charge in [0.25, 0.3) is 0 Å². The fourth-order valence-corrected chi connectivity index (χ4v) is 3.21. The second-order valence-electron chi connectivity index (χ2n) is 5.66. The fraction of sp³-hybridized carbons (Fsp3) is 0.929. The van der Waals surface area contributed by atoms with Gasteiger partial charge in [-0.25, -0.2) is 0 Å². The molecule has 1 heterocycles. The van der Waals surface area contributed by atoms with E-state index in [1.165, 1.54) is 12.8 Å². The van der Waals surface area contributed by atoms with Crippen molar-refractivity contribution in [1.29, 1.82) is 0 Å². The third-order valence-corrected chi connectivity index (χ3v) is 4.20. The molecule has 3 unspecified atom stereocenters. The summed E-state index contributed by atoms with van der Waals surface area (Å²) in [5.74, 6) is -0.747. The van der Waals surface area contributed by atoms with Crippen molar-refractivity contribution in [1.82, 2.24) is 10.2 Å². The highest BCUT2D eigenvalue weighted by Gasteiger charge is 2.37. The number of carboxylic acid groups (broad SMARTS) is 1. The zero-order valence-corrected chi connectivity index (χ0v) is 12.2. The number of hydrogen-bond acceptors (Lipinski definition) is 3. The molecule has 0 amide bonds. The molecule has 3 atom stereocenters. The molecule has 1 rings (SSSR count). The summed E-state index contributed by atoms with van der Waals surface area (Å²) in [6, 6.07) is 0.956. The molecule has 0 aromatic heterocycles. The minimum atomic E-state index is -0.810. The molecule has 1 saturated heterocycles. The molecule has 106 valence electrons. The Morgan fingerprint density at radius 2 is 2.22 bits per heavy atom. The van der Waals surface area contributed by atoms with E-state index in [1.54, 1.807) is 6.92 Å². The molecular weight excluding hydrogens is 228 g/mol. The number of hydrogen-bond donors (Lipinski definition) is 2. The molecule has 0 aliphatic carbocycles. The van der Waals surface area contributed by atoms with Crippen molar-refractivity contribution < 1.29 is 9.90 Å². The van der Waals surface area contributed by atoms with Crippen molar-refractivity contribution in [3.05, 3.63) is 0 Å². The molecule has 1 aliphatic heterocycles. The smallest absolute Gasteiger partial charge is 0.323 e. The molecule has 4 heteroatoms. The van der Waals surface area contributed by atoms with Crippen LogP contribution < -0.4 is 5.32 Å². The van der Waals surface area contributed by atoms with E-state index in [0.29, 0.717) is 25.0 Å². The number of likely N-dealkylation sites (tertiary alicyclic amines) is 1. The van der Waals surface area contributed by atoms with Crippen LogP contribution in [0.1, 0.15) is 53.4 Å². The summed E-state index contributed by atoms with van der Waals surface area (Å²) >= 11 is 0. The Morgan fingerprint density at radius 1 is 1.56 bits per heavy atom. The zero-order valence-electron chi connectivity index (χ0n) is 12.2. The minimum absolute atomic E-state index is 0.317. The lowest BCUT2D eigenvalue weighted by Crippen LogP contribution is -2.54. The second-order valence-corrected chi connectivity index (χ2v) is 5.66. The van der Waals surface area contributed by atoms with Crippen LogP contribution in [0.4, 0.5) is 0 Å². The third kappa shape index (κ3) is 3.45. The summed E-state index contributed by atoms with van der Waals surface area (Å²) in [6.07, 6.45) is 4.32. The van der Waals surface area contributed by atoms with Crippen molar-refractivity contribution in [3.63, 3.8) is 0 Å². The van der Waals surface area contributed by atoms with Crippen LogP contribution in [-0.2, 0) is 4.79 Å². The summed E-state index contributed by atoms with van der Waals surface area (Å²) in [4.78, 5) is 13.9. The van der Waals surface area contributed by atoms with E-state index < -0.39 is 11.5 Å². The van der Waals surface area contributed by atoms with Crippen LogP contribution >= 0.6 is 0 Å². The van der Waals surface area contributed by atoms with E-state index in [0.717, 1.165) is 13.0 Å². The lowest BCUT2D eigenvalue weighted by atomic mass is 9.92. The molecule has 0 radical (unpaired) electrons. The molecule has 18 heavy (non-hydrogen) atoms. The quantitative estimate of drug-likeness (QED) is 0.732. The molecule has 0 spiro atoms. The topological polar surface area (TPSA) is 52.6 Å². The molecule has 0 bridgehead atoms.